The number of aliphatic hydroxyl groups excluding tert-OH is 1. The number of ether oxygens (including phenoxy) is 2. The molecule has 8 heteroatoms. The standard InChI is InChI=1S/C34H40N2O6/c37-23-24-10-12-26(13-11-24)31-20-30(22-36-16-2-1-3-17-36)41-34(42-31)29-9-5-8-28(19-29)27-7-4-6-25(18-27)21-35-32(38)14-15-33(39)40/h4-13,18-19,30-31,34,37H,1-3,14-17,20-23H2,(H,35,38)(H,39,40). The highest BCUT2D eigenvalue weighted by Crippen LogP contribution is 2.39. The van der Waals surface area contributed by atoms with Crippen LogP contribution in [0.2, 0.25) is 0 Å². The minimum atomic E-state index is -0.985. The summed E-state index contributed by atoms with van der Waals surface area (Å²) in [5.41, 5.74) is 5.85. The van der Waals surface area contributed by atoms with Gasteiger partial charge in [-0.05, 0) is 65.9 Å². The van der Waals surface area contributed by atoms with Crippen molar-refractivity contribution in [2.24, 2.45) is 0 Å². The number of benzene rings is 3. The summed E-state index contributed by atoms with van der Waals surface area (Å²) >= 11 is 0. The molecule has 3 aromatic carbocycles. The van der Waals surface area contributed by atoms with E-state index < -0.39 is 12.3 Å². The number of nitrogens with one attached hydrogen (secondary N) is 1. The molecule has 0 radical (unpaired) electrons. The molecule has 222 valence electrons. The lowest BCUT2D eigenvalue weighted by atomic mass is 9.98. The molecule has 2 aliphatic rings. The Bertz CT molecular complexity index is 1340. The third kappa shape index (κ3) is 8.26. The van der Waals surface area contributed by atoms with Gasteiger partial charge in [0.2, 0.25) is 5.91 Å². The molecular weight excluding hydrogens is 532 g/mol. The van der Waals surface area contributed by atoms with Gasteiger partial charge in [-0.3, -0.25) is 9.59 Å². The van der Waals surface area contributed by atoms with Crippen LogP contribution in [0.15, 0.2) is 72.8 Å². The van der Waals surface area contributed by atoms with Crippen molar-refractivity contribution in [1.82, 2.24) is 10.2 Å². The van der Waals surface area contributed by atoms with Gasteiger partial charge < -0.3 is 29.9 Å². The molecule has 0 bridgehead atoms. The average molecular weight is 573 g/mol. The Balaban J connectivity index is 1.32. The number of carbonyl (C=O) groups excluding carboxylic acids is 1. The second kappa shape index (κ2) is 14.6. The van der Waals surface area contributed by atoms with Crippen LogP contribution in [0.5, 0.6) is 0 Å². The molecule has 2 fully saturated rings. The van der Waals surface area contributed by atoms with Crippen LogP contribution in [0.25, 0.3) is 11.1 Å². The van der Waals surface area contributed by atoms with E-state index in [1.54, 1.807) is 0 Å². The quantitative estimate of drug-likeness (QED) is 0.284. The van der Waals surface area contributed by atoms with Crippen LogP contribution in [0, 0.1) is 0 Å². The number of aliphatic hydroxyl groups is 1. The molecule has 5 rings (SSSR count). The van der Waals surface area contributed by atoms with Crippen molar-refractivity contribution >= 4 is 11.9 Å². The molecule has 2 saturated heterocycles. The molecule has 0 aromatic heterocycles. The molecule has 3 N–H and O–H groups in total. The summed E-state index contributed by atoms with van der Waals surface area (Å²) < 4.78 is 13.2. The summed E-state index contributed by atoms with van der Waals surface area (Å²) in [6, 6.07) is 24.1. The summed E-state index contributed by atoms with van der Waals surface area (Å²) in [5, 5.41) is 21.1. The monoisotopic (exact) mass is 572 g/mol. The van der Waals surface area contributed by atoms with Crippen molar-refractivity contribution < 1.29 is 29.3 Å². The van der Waals surface area contributed by atoms with Gasteiger partial charge in [0.15, 0.2) is 6.29 Å². The summed E-state index contributed by atoms with van der Waals surface area (Å²) in [6.07, 6.45) is 3.68. The lowest BCUT2D eigenvalue weighted by Gasteiger charge is -2.39. The first-order valence-corrected chi connectivity index (χ1v) is 14.9. The van der Waals surface area contributed by atoms with Gasteiger partial charge in [-0.2, -0.15) is 0 Å². The van der Waals surface area contributed by atoms with Crippen molar-refractivity contribution in [3.05, 3.63) is 95.1 Å². The lowest BCUT2D eigenvalue weighted by Crippen LogP contribution is -2.41. The van der Waals surface area contributed by atoms with Gasteiger partial charge in [0, 0.05) is 31.5 Å². The second-order valence-corrected chi connectivity index (χ2v) is 11.2. The van der Waals surface area contributed by atoms with Crippen LogP contribution in [0.1, 0.15) is 73.2 Å². The first-order valence-electron chi connectivity index (χ1n) is 14.9. The molecule has 3 atom stereocenters. The van der Waals surface area contributed by atoms with Crippen LogP contribution in [0.3, 0.4) is 0 Å². The third-order valence-electron chi connectivity index (χ3n) is 8.00. The van der Waals surface area contributed by atoms with Crippen molar-refractivity contribution in [2.75, 3.05) is 19.6 Å². The Kier molecular flexibility index (Phi) is 10.4. The fraction of sp³-hybridized carbons (Fsp3) is 0.412. The van der Waals surface area contributed by atoms with Crippen LogP contribution < -0.4 is 5.32 Å². The molecular formula is C34H40N2O6. The van der Waals surface area contributed by atoms with Gasteiger partial charge in [0.25, 0.3) is 0 Å². The van der Waals surface area contributed by atoms with Gasteiger partial charge in [-0.15, -0.1) is 0 Å². The highest BCUT2D eigenvalue weighted by molar-refractivity contribution is 5.80. The number of carboxylic acids is 1. The number of carbonyl (C=O) groups is 2. The van der Waals surface area contributed by atoms with Crippen LogP contribution in [-0.2, 0) is 32.2 Å². The predicted octanol–water partition coefficient (Wildman–Crippen LogP) is 5.36. The van der Waals surface area contributed by atoms with Crippen molar-refractivity contribution in [3.8, 4) is 11.1 Å². The molecule has 8 nitrogen and oxygen atoms in total. The number of rotatable bonds is 11. The van der Waals surface area contributed by atoms with E-state index in [2.05, 4.69) is 16.3 Å². The fourth-order valence-corrected chi connectivity index (χ4v) is 5.70. The highest BCUT2D eigenvalue weighted by Gasteiger charge is 2.33. The topological polar surface area (TPSA) is 108 Å². The maximum Gasteiger partial charge on any atom is 0.303 e. The summed E-state index contributed by atoms with van der Waals surface area (Å²) in [5.74, 6) is -1.27. The molecule has 2 heterocycles. The van der Waals surface area contributed by atoms with E-state index in [1.165, 1.54) is 19.3 Å². The van der Waals surface area contributed by atoms with Crippen LogP contribution in [0.4, 0.5) is 0 Å². The van der Waals surface area contributed by atoms with Crippen molar-refractivity contribution in [2.45, 2.75) is 70.2 Å². The fourth-order valence-electron chi connectivity index (χ4n) is 5.70. The predicted molar refractivity (Wildman–Crippen MR) is 159 cm³/mol. The first kappa shape index (κ1) is 29.9. The Hall–Kier alpha value is -3.56. The van der Waals surface area contributed by atoms with E-state index in [0.29, 0.717) is 6.54 Å². The Morgan fingerprint density at radius 1 is 0.833 bits per heavy atom. The number of aliphatic carboxylic acids is 1. The largest absolute Gasteiger partial charge is 0.481 e. The zero-order valence-electron chi connectivity index (χ0n) is 23.9. The summed E-state index contributed by atoms with van der Waals surface area (Å²) in [7, 11) is 0. The molecule has 0 saturated carbocycles. The Labute approximate surface area is 247 Å². The molecule has 1 amide bonds. The van der Waals surface area contributed by atoms with E-state index in [9.17, 15) is 14.7 Å². The number of carboxylic acid groups (broad SMARTS) is 1. The number of hydrogen-bond acceptors (Lipinski definition) is 6. The minimum Gasteiger partial charge on any atom is -0.481 e. The number of piperidine rings is 1. The smallest absolute Gasteiger partial charge is 0.303 e. The van der Waals surface area contributed by atoms with Gasteiger partial charge in [-0.1, -0.05) is 67.1 Å². The number of amides is 1. The lowest BCUT2D eigenvalue weighted by molar-refractivity contribution is -0.253. The zero-order valence-corrected chi connectivity index (χ0v) is 23.9. The van der Waals surface area contributed by atoms with Gasteiger partial charge in [0.1, 0.15) is 0 Å². The van der Waals surface area contributed by atoms with E-state index in [1.807, 2.05) is 66.7 Å². The number of hydrogen-bond donors (Lipinski definition) is 3. The first-order chi connectivity index (χ1) is 20.5. The van der Waals surface area contributed by atoms with Gasteiger partial charge in [-0.25, -0.2) is 0 Å². The van der Waals surface area contributed by atoms with Gasteiger partial charge >= 0.3 is 5.97 Å². The Morgan fingerprint density at radius 2 is 1.57 bits per heavy atom. The molecule has 0 aliphatic carbocycles. The molecule has 3 unspecified atom stereocenters. The van der Waals surface area contributed by atoms with Gasteiger partial charge in [0.05, 0.1) is 25.2 Å². The third-order valence-corrected chi connectivity index (χ3v) is 8.00. The number of nitrogens with zero attached hydrogens (tertiary/aromatic N) is 1. The minimum absolute atomic E-state index is 0.0141. The molecule has 42 heavy (non-hydrogen) atoms. The maximum absolute atomic E-state index is 12.0. The van der Waals surface area contributed by atoms with Crippen molar-refractivity contribution in [1.29, 1.82) is 0 Å². The highest BCUT2D eigenvalue weighted by atomic mass is 16.7. The van der Waals surface area contributed by atoms with Crippen LogP contribution in [-0.4, -0.2) is 52.7 Å². The van der Waals surface area contributed by atoms with E-state index in [-0.39, 0.29) is 37.6 Å². The molecule has 0 spiro atoms. The SMILES string of the molecule is O=C(O)CCC(=O)NCc1cccc(-c2cccc(C3OC(CN4CCCCC4)CC(c4ccc(CO)cc4)O3)c2)c1. The maximum atomic E-state index is 12.0. The van der Waals surface area contributed by atoms with E-state index in [0.717, 1.165) is 59.4 Å². The number of likely N-dealkylation sites (tertiary alicyclic amines) is 1. The van der Waals surface area contributed by atoms with Crippen LogP contribution >= 0.6 is 0 Å². The average Bonchev–Trinajstić information content (AvgIpc) is 3.03. The molecule has 2 aliphatic heterocycles. The summed E-state index contributed by atoms with van der Waals surface area (Å²) in [6.45, 7) is 3.43. The van der Waals surface area contributed by atoms with E-state index in [4.69, 9.17) is 14.6 Å². The normalized spacial score (nSPS) is 21.1. The summed E-state index contributed by atoms with van der Waals surface area (Å²) in [4.78, 5) is 25.2. The van der Waals surface area contributed by atoms with Crippen molar-refractivity contribution in [3.63, 3.8) is 0 Å². The zero-order chi connectivity index (χ0) is 29.3. The Morgan fingerprint density at radius 3 is 2.31 bits per heavy atom. The molecule has 3 aromatic rings. The van der Waals surface area contributed by atoms with E-state index >= 15 is 0 Å². The second-order valence-electron chi connectivity index (χ2n) is 11.2.